The molecule has 1 N–H and O–H groups in total. The molecule has 0 saturated carbocycles. The maximum Gasteiger partial charge on any atom is 0.137 e. The predicted octanol–water partition coefficient (Wildman–Crippen LogP) is 4.90. The first-order valence-corrected chi connectivity index (χ1v) is 8.02. The molecule has 0 spiro atoms. The quantitative estimate of drug-likeness (QED) is 0.752. The van der Waals surface area contributed by atoms with Gasteiger partial charge >= 0.3 is 0 Å². The summed E-state index contributed by atoms with van der Waals surface area (Å²) < 4.78 is 14.9. The molecule has 0 aliphatic rings. The third-order valence-corrected chi connectivity index (χ3v) is 4.34. The van der Waals surface area contributed by atoms with Gasteiger partial charge in [-0.2, -0.15) is 0 Å². The molecule has 0 aromatic heterocycles. The van der Waals surface area contributed by atoms with E-state index < -0.39 is 0 Å². The van der Waals surface area contributed by atoms with Crippen LogP contribution in [0.2, 0.25) is 0 Å². The molecule has 0 amide bonds. The van der Waals surface area contributed by atoms with Crippen LogP contribution < -0.4 is 5.32 Å². The summed E-state index contributed by atoms with van der Waals surface area (Å²) in [6.07, 6.45) is 0.871. The fourth-order valence-electron chi connectivity index (χ4n) is 2.27. The van der Waals surface area contributed by atoms with Crippen molar-refractivity contribution in [1.29, 1.82) is 0 Å². The molecule has 1 unspecified atom stereocenters. The average Bonchev–Trinajstić information content (AvgIpc) is 2.42. The highest BCUT2D eigenvalue weighted by Gasteiger charge is 2.13. The number of rotatable bonds is 5. The van der Waals surface area contributed by atoms with E-state index in [-0.39, 0.29) is 5.82 Å². The van der Waals surface area contributed by atoms with Crippen LogP contribution in [0.15, 0.2) is 51.4 Å². The van der Waals surface area contributed by atoms with E-state index in [0.717, 1.165) is 23.0 Å². The lowest BCUT2D eigenvalue weighted by molar-refractivity contribution is 0.611. The van der Waals surface area contributed by atoms with Crippen molar-refractivity contribution in [1.82, 2.24) is 5.32 Å². The third-order valence-electron chi connectivity index (χ3n) is 3.24. The lowest BCUT2D eigenvalue weighted by Crippen LogP contribution is -2.19. The molecule has 2 aromatic rings. The Labute approximate surface area is 135 Å². The first-order chi connectivity index (χ1) is 9.60. The summed E-state index contributed by atoms with van der Waals surface area (Å²) in [6, 6.07) is 13.6. The van der Waals surface area contributed by atoms with Gasteiger partial charge < -0.3 is 5.32 Å². The van der Waals surface area contributed by atoms with E-state index >= 15 is 0 Å². The molecule has 0 aliphatic heterocycles. The molecule has 1 nitrogen and oxygen atoms in total. The van der Waals surface area contributed by atoms with Crippen LogP contribution in [0.4, 0.5) is 4.39 Å². The van der Waals surface area contributed by atoms with Crippen LogP contribution in [-0.2, 0) is 6.42 Å². The Balaban J connectivity index is 2.22. The lowest BCUT2D eigenvalue weighted by Gasteiger charge is -2.18. The second kappa shape index (κ2) is 7.34. The fraction of sp³-hybridized carbons (Fsp3) is 0.250. The zero-order valence-electron chi connectivity index (χ0n) is 11.2. The minimum absolute atomic E-state index is 0.221. The van der Waals surface area contributed by atoms with Gasteiger partial charge in [0.2, 0.25) is 0 Å². The van der Waals surface area contributed by atoms with Crippen molar-refractivity contribution in [3.05, 3.63) is 68.4 Å². The van der Waals surface area contributed by atoms with E-state index in [1.807, 2.05) is 31.3 Å². The molecule has 0 bridgehead atoms. The van der Waals surface area contributed by atoms with Crippen molar-refractivity contribution in [2.75, 3.05) is 13.6 Å². The van der Waals surface area contributed by atoms with Gasteiger partial charge in [0.25, 0.3) is 0 Å². The lowest BCUT2D eigenvalue weighted by atomic mass is 9.92. The highest BCUT2D eigenvalue weighted by molar-refractivity contribution is 9.10. The molecule has 0 aliphatic carbocycles. The molecule has 0 saturated heterocycles. The zero-order chi connectivity index (χ0) is 14.5. The van der Waals surface area contributed by atoms with E-state index in [9.17, 15) is 4.39 Å². The minimum atomic E-state index is -0.221. The van der Waals surface area contributed by atoms with Gasteiger partial charge in [-0.1, -0.05) is 34.1 Å². The van der Waals surface area contributed by atoms with Crippen LogP contribution >= 0.6 is 31.9 Å². The SMILES string of the molecule is CNCC(Cc1ccc(F)c(Br)c1)c1cccc(Br)c1. The highest BCUT2D eigenvalue weighted by Crippen LogP contribution is 2.25. The Morgan fingerprint density at radius 2 is 1.95 bits per heavy atom. The van der Waals surface area contributed by atoms with E-state index in [1.165, 1.54) is 11.6 Å². The normalized spacial score (nSPS) is 12.4. The summed E-state index contributed by atoms with van der Waals surface area (Å²) in [5, 5.41) is 3.23. The van der Waals surface area contributed by atoms with Crippen LogP contribution in [0, 0.1) is 5.82 Å². The standard InChI is InChI=1S/C16H16Br2FN/c1-20-10-13(12-3-2-4-14(17)9-12)7-11-5-6-16(19)15(18)8-11/h2-6,8-9,13,20H,7,10H2,1H3. The number of hydrogen-bond acceptors (Lipinski definition) is 1. The van der Waals surface area contributed by atoms with Crippen LogP contribution in [0.5, 0.6) is 0 Å². The summed E-state index contributed by atoms with van der Waals surface area (Å²) in [7, 11) is 1.95. The zero-order valence-corrected chi connectivity index (χ0v) is 14.3. The number of benzene rings is 2. The summed E-state index contributed by atoms with van der Waals surface area (Å²) in [6.45, 7) is 0.880. The number of likely N-dealkylation sites (N-methyl/N-ethyl adjacent to an activating group) is 1. The van der Waals surface area contributed by atoms with Crippen LogP contribution in [0.3, 0.4) is 0 Å². The monoisotopic (exact) mass is 399 g/mol. The average molecular weight is 401 g/mol. The largest absolute Gasteiger partial charge is 0.319 e. The Bertz CT molecular complexity index is 586. The molecule has 4 heteroatoms. The molecule has 2 rings (SSSR count). The van der Waals surface area contributed by atoms with Gasteiger partial charge in [-0.25, -0.2) is 4.39 Å². The van der Waals surface area contributed by atoms with Crippen molar-refractivity contribution < 1.29 is 4.39 Å². The maximum atomic E-state index is 13.3. The highest BCUT2D eigenvalue weighted by atomic mass is 79.9. The fourth-order valence-corrected chi connectivity index (χ4v) is 3.11. The van der Waals surface area contributed by atoms with Crippen molar-refractivity contribution in [2.45, 2.75) is 12.3 Å². The summed E-state index contributed by atoms with van der Waals surface area (Å²) in [5.41, 5.74) is 2.40. The Morgan fingerprint density at radius 1 is 1.15 bits per heavy atom. The van der Waals surface area contributed by atoms with E-state index in [2.05, 4.69) is 49.3 Å². The molecule has 106 valence electrons. The molecule has 20 heavy (non-hydrogen) atoms. The Hall–Kier alpha value is -0.710. The molecular weight excluding hydrogens is 385 g/mol. The smallest absolute Gasteiger partial charge is 0.137 e. The Kier molecular flexibility index (Phi) is 5.75. The van der Waals surface area contributed by atoms with Gasteiger partial charge in [0.05, 0.1) is 4.47 Å². The van der Waals surface area contributed by atoms with Gasteiger partial charge in [0.1, 0.15) is 5.82 Å². The number of nitrogens with one attached hydrogen (secondary N) is 1. The van der Waals surface area contributed by atoms with Crippen molar-refractivity contribution in [2.24, 2.45) is 0 Å². The van der Waals surface area contributed by atoms with Crippen LogP contribution in [0.1, 0.15) is 17.0 Å². The summed E-state index contributed by atoms with van der Waals surface area (Å²) >= 11 is 6.76. The van der Waals surface area contributed by atoms with Gasteiger partial charge in [-0.05, 0) is 64.8 Å². The molecule has 1 atom stereocenters. The summed E-state index contributed by atoms with van der Waals surface area (Å²) in [4.78, 5) is 0. The van der Waals surface area contributed by atoms with Crippen molar-refractivity contribution in [3.8, 4) is 0 Å². The van der Waals surface area contributed by atoms with Gasteiger partial charge in [0.15, 0.2) is 0 Å². The van der Waals surface area contributed by atoms with Crippen molar-refractivity contribution in [3.63, 3.8) is 0 Å². The first-order valence-electron chi connectivity index (χ1n) is 6.44. The first kappa shape index (κ1) is 15.7. The molecule has 0 heterocycles. The molecule has 0 radical (unpaired) electrons. The van der Waals surface area contributed by atoms with E-state index in [4.69, 9.17) is 0 Å². The minimum Gasteiger partial charge on any atom is -0.319 e. The van der Waals surface area contributed by atoms with E-state index in [0.29, 0.717) is 10.4 Å². The van der Waals surface area contributed by atoms with Crippen LogP contribution in [-0.4, -0.2) is 13.6 Å². The molecule has 0 fully saturated rings. The van der Waals surface area contributed by atoms with Gasteiger partial charge in [-0.3, -0.25) is 0 Å². The molecular formula is C16H16Br2FN. The van der Waals surface area contributed by atoms with E-state index in [1.54, 1.807) is 0 Å². The van der Waals surface area contributed by atoms with Crippen molar-refractivity contribution >= 4 is 31.9 Å². The third kappa shape index (κ3) is 4.14. The predicted molar refractivity (Wildman–Crippen MR) is 88.6 cm³/mol. The number of halogens is 3. The number of hydrogen-bond donors (Lipinski definition) is 1. The Morgan fingerprint density at radius 3 is 2.60 bits per heavy atom. The topological polar surface area (TPSA) is 12.0 Å². The van der Waals surface area contributed by atoms with Gasteiger partial charge in [-0.15, -0.1) is 0 Å². The second-order valence-corrected chi connectivity index (χ2v) is 6.53. The van der Waals surface area contributed by atoms with Gasteiger partial charge in [0, 0.05) is 16.9 Å². The maximum absolute atomic E-state index is 13.3. The molecule has 2 aromatic carbocycles. The second-order valence-electron chi connectivity index (χ2n) is 4.76. The van der Waals surface area contributed by atoms with Crippen LogP contribution in [0.25, 0.3) is 0 Å². The summed E-state index contributed by atoms with van der Waals surface area (Å²) in [5.74, 6) is 0.135.